The van der Waals surface area contributed by atoms with E-state index in [2.05, 4.69) is 11.8 Å². The zero-order valence-corrected chi connectivity index (χ0v) is 11.1. The van der Waals surface area contributed by atoms with E-state index in [9.17, 15) is 18.3 Å². The maximum absolute atomic E-state index is 12.4. The molecule has 1 unspecified atom stereocenters. The molecule has 2 rings (SSSR count). The molecule has 0 saturated carbocycles. The van der Waals surface area contributed by atoms with Gasteiger partial charge >= 0.3 is 6.18 Å². The molecule has 0 aliphatic heterocycles. The Labute approximate surface area is 121 Å². The van der Waals surface area contributed by atoms with Crippen LogP contribution in [0.4, 0.5) is 13.2 Å². The van der Waals surface area contributed by atoms with Crippen molar-refractivity contribution in [2.75, 3.05) is 0 Å². The van der Waals surface area contributed by atoms with Crippen molar-refractivity contribution >= 4 is 0 Å². The fraction of sp³-hybridized carbons (Fsp3) is 0.176. The normalized spacial score (nSPS) is 12.4. The highest BCUT2D eigenvalue weighted by molar-refractivity contribution is 5.34. The van der Waals surface area contributed by atoms with Crippen LogP contribution in [-0.4, -0.2) is 5.11 Å². The third-order valence-electron chi connectivity index (χ3n) is 2.92. The summed E-state index contributed by atoms with van der Waals surface area (Å²) in [5, 5.41) is 9.91. The Morgan fingerprint density at radius 2 is 1.57 bits per heavy atom. The first-order chi connectivity index (χ1) is 9.97. The van der Waals surface area contributed by atoms with Crippen LogP contribution in [0.2, 0.25) is 0 Å². The minimum Gasteiger partial charge on any atom is -0.387 e. The highest BCUT2D eigenvalue weighted by Crippen LogP contribution is 2.30. The summed E-state index contributed by atoms with van der Waals surface area (Å²) in [4.78, 5) is 0. The summed E-state index contributed by atoms with van der Waals surface area (Å²) >= 11 is 0. The lowest BCUT2D eigenvalue weighted by Crippen LogP contribution is -2.05. The van der Waals surface area contributed by atoms with E-state index < -0.39 is 17.8 Å². The Balaban J connectivity index is 2.01. The van der Waals surface area contributed by atoms with E-state index >= 15 is 0 Å². The van der Waals surface area contributed by atoms with Gasteiger partial charge in [-0.05, 0) is 29.8 Å². The number of alkyl halides is 3. The topological polar surface area (TPSA) is 20.2 Å². The summed E-state index contributed by atoms with van der Waals surface area (Å²) < 4.78 is 37.3. The van der Waals surface area contributed by atoms with Crippen LogP contribution in [0.15, 0.2) is 54.6 Å². The number of aliphatic hydroxyl groups is 1. The lowest BCUT2D eigenvalue weighted by Gasteiger charge is -2.10. The van der Waals surface area contributed by atoms with E-state index in [1.807, 2.05) is 30.3 Å². The molecule has 0 heterocycles. The van der Waals surface area contributed by atoms with Crippen molar-refractivity contribution in [2.24, 2.45) is 0 Å². The van der Waals surface area contributed by atoms with Gasteiger partial charge in [-0.25, -0.2) is 0 Å². The number of aliphatic hydroxyl groups excluding tert-OH is 1. The molecule has 0 aliphatic rings. The van der Waals surface area contributed by atoms with Gasteiger partial charge in [-0.1, -0.05) is 42.2 Å². The third kappa shape index (κ3) is 4.37. The summed E-state index contributed by atoms with van der Waals surface area (Å²) in [5.41, 5.74) is 0.524. The summed E-state index contributed by atoms with van der Waals surface area (Å²) in [6.45, 7) is 0. The Morgan fingerprint density at radius 1 is 0.952 bits per heavy atom. The second-order valence-electron chi connectivity index (χ2n) is 4.51. The Bertz CT molecular complexity index is 634. The standard InChI is InChI=1S/C17H13F3O/c18-17(19,20)15-11-9-14(10-12-15)16(21)8-4-7-13-5-2-1-3-6-13/h1-3,5-6,9-12,16,21H,8H2. The molecule has 4 heteroatoms. The second-order valence-corrected chi connectivity index (χ2v) is 4.51. The lowest BCUT2D eigenvalue weighted by atomic mass is 10.0. The van der Waals surface area contributed by atoms with Crippen molar-refractivity contribution in [3.63, 3.8) is 0 Å². The molecular formula is C17H13F3O. The molecule has 0 saturated heterocycles. The quantitative estimate of drug-likeness (QED) is 0.823. The predicted molar refractivity (Wildman–Crippen MR) is 74.3 cm³/mol. The average Bonchev–Trinajstić information content (AvgIpc) is 2.47. The maximum atomic E-state index is 12.4. The van der Waals surface area contributed by atoms with Gasteiger partial charge in [0.2, 0.25) is 0 Å². The van der Waals surface area contributed by atoms with Crippen molar-refractivity contribution in [2.45, 2.75) is 18.7 Å². The van der Waals surface area contributed by atoms with Gasteiger partial charge in [-0.2, -0.15) is 13.2 Å². The highest BCUT2D eigenvalue weighted by atomic mass is 19.4. The van der Waals surface area contributed by atoms with Gasteiger partial charge in [0, 0.05) is 12.0 Å². The molecule has 1 nitrogen and oxygen atoms in total. The molecule has 0 aliphatic carbocycles. The number of rotatable bonds is 2. The van der Waals surface area contributed by atoms with E-state index in [0.29, 0.717) is 5.56 Å². The van der Waals surface area contributed by atoms with E-state index in [1.54, 1.807) is 0 Å². The smallest absolute Gasteiger partial charge is 0.387 e. The van der Waals surface area contributed by atoms with Gasteiger partial charge in [0.15, 0.2) is 0 Å². The Hall–Kier alpha value is -2.25. The van der Waals surface area contributed by atoms with Gasteiger partial charge in [0.1, 0.15) is 0 Å². The van der Waals surface area contributed by atoms with Gasteiger partial charge in [0.25, 0.3) is 0 Å². The van der Waals surface area contributed by atoms with Crippen molar-refractivity contribution in [3.05, 3.63) is 71.3 Å². The first kappa shape index (κ1) is 15.1. The van der Waals surface area contributed by atoms with E-state index in [1.165, 1.54) is 12.1 Å². The summed E-state index contributed by atoms with van der Waals surface area (Å²) in [5.74, 6) is 5.71. The lowest BCUT2D eigenvalue weighted by molar-refractivity contribution is -0.137. The van der Waals surface area contributed by atoms with E-state index in [4.69, 9.17) is 0 Å². The van der Waals surface area contributed by atoms with Crippen LogP contribution in [0.3, 0.4) is 0 Å². The Morgan fingerprint density at radius 3 is 2.14 bits per heavy atom. The van der Waals surface area contributed by atoms with Crippen LogP contribution < -0.4 is 0 Å². The van der Waals surface area contributed by atoms with Crippen LogP contribution >= 0.6 is 0 Å². The van der Waals surface area contributed by atoms with Gasteiger partial charge in [-0.15, -0.1) is 0 Å². The van der Waals surface area contributed by atoms with Crippen LogP contribution in [0.25, 0.3) is 0 Å². The largest absolute Gasteiger partial charge is 0.416 e. The monoisotopic (exact) mass is 290 g/mol. The van der Waals surface area contributed by atoms with Crippen LogP contribution in [-0.2, 0) is 6.18 Å². The van der Waals surface area contributed by atoms with Gasteiger partial charge in [0.05, 0.1) is 11.7 Å². The molecule has 2 aromatic carbocycles. The molecule has 0 radical (unpaired) electrons. The molecule has 108 valence electrons. The van der Waals surface area contributed by atoms with Crippen molar-refractivity contribution in [1.82, 2.24) is 0 Å². The molecule has 1 N–H and O–H groups in total. The van der Waals surface area contributed by atoms with Gasteiger partial charge in [-0.3, -0.25) is 0 Å². The minimum atomic E-state index is -4.36. The van der Waals surface area contributed by atoms with E-state index in [-0.39, 0.29) is 6.42 Å². The SMILES string of the molecule is OC(CC#Cc1ccccc1)c1ccc(C(F)(F)F)cc1. The van der Waals surface area contributed by atoms with Crippen molar-refractivity contribution in [1.29, 1.82) is 0 Å². The van der Waals surface area contributed by atoms with Crippen molar-refractivity contribution < 1.29 is 18.3 Å². The molecule has 0 fully saturated rings. The molecule has 0 bridgehead atoms. The first-order valence-corrected chi connectivity index (χ1v) is 6.36. The number of hydrogen-bond donors (Lipinski definition) is 1. The summed E-state index contributed by atoms with van der Waals surface area (Å²) in [7, 11) is 0. The maximum Gasteiger partial charge on any atom is 0.416 e. The molecule has 0 spiro atoms. The molecule has 2 aromatic rings. The van der Waals surface area contributed by atoms with E-state index in [0.717, 1.165) is 17.7 Å². The van der Waals surface area contributed by atoms with Crippen molar-refractivity contribution in [3.8, 4) is 11.8 Å². The van der Waals surface area contributed by atoms with Gasteiger partial charge < -0.3 is 5.11 Å². The molecule has 1 atom stereocenters. The minimum absolute atomic E-state index is 0.167. The van der Waals surface area contributed by atoms with Crippen LogP contribution in [0, 0.1) is 11.8 Å². The predicted octanol–water partition coefficient (Wildman–Crippen LogP) is 4.18. The Kier molecular flexibility index (Phi) is 4.66. The fourth-order valence-corrected chi connectivity index (χ4v) is 1.78. The first-order valence-electron chi connectivity index (χ1n) is 6.36. The molecule has 0 amide bonds. The van der Waals surface area contributed by atoms with Crippen LogP contribution in [0.1, 0.15) is 29.2 Å². The molecular weight excluding hydrogens is 277 g/mol. The van der Waals surface area contributed by atoms with Crippen LogP contribution in [0.5, 0.6) is 0 Å². The zero-order valence-electron chi connectivity index (χ0n) is 11.1. The number of benzene rings is 2. The average molecular weight is 290 g/mol. The highest BCUT2D eigenvalue weighted by Gasteiger charge is 2.30. The number of halogens is 3. The third-order valence-corrected chi connectivity index (χ3v) is 2.92. The fourth-order valence-electron chi connectivity index (χ4n) is 1.78. The molecule has 21 heavy (non-hydrogen) atoms. The number of hydrogen-bond acceptors (Lipinski definition) is 1. The zero-order chi connectivity index (χ0) is 15.3. The molecule has 0 aromatic heterocycles. The summed E-state index contributed by atoms with van der Waals surface area (Å²) in [6.07, 6.45) is -5.10. The summed E-state index contributed by atoms with van der Waals surface area (Å²) in [6, 6.07) is 13.8. The second kappa shape index (κ2) is 6.47.